The van der Waals surface area contributed by atoms with Gasteiger partial charge in [0.2, 0.25) is 10.0 Å². The van der Waals surface area contributed by atoms with Crippen LogP contribution in [0, 0.1) is 12.8 Å². The lowest BCUT2D eigenvalue weighted by Crippen LogP contribution is -2.33. The molecule has 240 valence electrons. The van der Waals surface area contributed by atoms with Gasteiger partial charge in [-0.15, -0.1) is 0 Å². The quantitative estimate of drug-likeness (QED) is 0.155. The van der Waals surface area contributed by atoms with Gasteiger partial charge in [0, 0.05) is 36.9 Å². The molecule has 0 saturated carbocycles. The zero-order valence-corrected chi connectivity index (χ0v) is 29.4. The number of halogens is 2. The van der Waals surface area contributed by atoms with E-state index in [9.17, 15) is 8.42 Å². The summed E-state index contributed by atoms with van der Waals surface area (Å²) in [5.74, 6) is 0.871. The lowest BCUT2D eigenvalue weighted by Gasteiger charge is -2.24. The summed E-state index contributed by atoms with van der Waals surface area (Å²) in [4.78, 5) is 4.56. The van der Waals surface area contributed by atoms with Gasteiger partial charge < -0.3 is 9.47 Å². The van der Waals surface area contributed by atoms with Gasteiger partial charge in [-0.05, 0) is 97.7 Å². The zero-order chi connectivity index (χ0) is 32.3. The number of nitrogens with one attached hydrogen (secondary N) is 2. The normalized spacial score (nSPS) is 17.3. The molecule has 2 atom stereocenters. The van der Waals surface area contributed by atoms with E-state index in [-0.39, 0.29) is 29.3 Å². The van der Waals surface area contributed by atoms with Gasteiger partial charge >= 0.3 is 0 Å². The molecule has 0 aliphatic heterocycles. The maximum Gasteiger partial charge on any atom is 0.244 e. The number of aliphatic imine (C=N–C) groups is 1. The van der Waals surface area contributed by atoms with E-state index in [1.54, 1.807) is 19.2 Å². The molecule has 2 N–H and O–H groups in total. The number of allylic oxidation sites excluding steroid dienone is 5. The minimum Gasteiger partial charge on any atom is -0.497 e. The molecule has 1 aromatic carbocycles. The first-order valence-electron chi connectivity index (χ1n) is 14.5. The molecule has 44 heavy (non-hydrogen) atoms. The van der Waals surface area contributed by atoms with Crippen molar-refractivity contribution in [3.8, 4) is 11.5 Å². The topological polar surface area (TPSA) is 107 Å². The van der Waals surface area contributed by atoms with Crippen molar-refractivity contribution in [1.29, 1.82) is 0 Å². The number of sulfonamides is 1. The van der Waals surface area contributed by atoms with Crippen molar-refractivity contribution < 1.29 is 17.9 Å². The first kappa shape index (κ1) is 35.8. The van der Waals surface area contributed by atoms with Crippen LogP contribution in [0.25, 0.3) is 0 Å². The van der Waals surface area contributed by atoms with E-state index in [1.807, 2.05) is 49.9 Å². The number of methoxy groups -OCH3 is 2. The molecule has 0 fully saturated rings. The molecule has 1 aromatic heterocycles. The van der Waals surface area contributed by atoms with Crippen LogP contribution in [0.3, 0.4) is 0 Å². The average Bonchev–Trinajstić information content (AvgIpc) is 3.20. The Bertz CT molecular complexity index is 1550. The maximum absolute atomic E-state index is 13.2. The minimum absolute atomic E-state index is 0.0337. The average molecular weight is 709 g/mol. The van der Waals surface area contributed by atoms with E-state index in [0.29, 0.717) is 23.7 Å². The van der Waals surface area contributed by atoms with E-state index in [0.717, 1.165) is 46.3 Å². The van der Waals surface area contributed by atoms with Crippen LogP contribution in [0.4, 0.5) is 0 Å². The highest BCUT2D eigenvalue weighted by molar-refractivity contribution is 9.10. The molecule has 3 rings (SSSR count). The third kappa shape index (κ3) is 9.65. The first-order valence-corrected chi connectivity index (χ1v) is 17.2. The van der Waals surface area contributed by atoms with E-state index in [2.05, 4.69) is 48.2 Å². The van der Waals surface area contributed by atoms with E-state index >= 15 is 0 Å². The SMILES string of the molecule is C/C=C\C(Cl)=C(/C)C(CCC(NCC1C=C(CNS(=O)(=O)c2cc(OC)ccc2OC)C=CCC1)n1ncc(Br)c1C)=NC. The van der Waals surface area contributed by atoms with Crippen molar-refractivity contribution >= 4 is 43.3 Å². The molecule has 2 unspecified atom stereocenters. The van der Waals surface area contributed by atoms with E-state index in [4.69, 9.17) is 21.1 Å². The number of rotatable bonds is 15. The molecule has 1 aliphatic rings. The monoisotopic (exact) mass is 707 g/mol. The lowest BCUT2D eigenvalue weighted by molar-refractivity contribution is 0.329. The van der Waals surface area contributed by atoms with Crippen molar-refractivity contribution in [1.82, 2.24) is 19.8 Å². The molecule has 0 amide bonds. The molecule has 12 heteroatoms. The number of ether oxygens (including phenoxy) is 2. The van der Waals surface area contributed by atoms with Gasteiger partial charge in [-0.25, -0.2) is 13.1 Å². The second kappa shape index (κ2) is 17.1. The molecule has 9 nitrogen and oxygen atoms in total. The van der Waals surface area contributed by atoms with Gasteiger partial charge in [0.15, 0.2) is 0 Å². The number of nitrogens with zero attached hydrogens (tertiary/aromatic N) is 3. The second-order valence-electron chi connectivity index (χ2n) is 10.5. The first-order chi connectivity index (χ1) is 21.0. The molecular formula is C32H43BrClN5O4S. The molecule has 0 bridgehead atoms. The summed E-state index contributed by atoms with van der Waals surface area (Å²) in [6.07, 6.45) is 15.0. The maximum atomic E-state index is 13.2. The third-order valence-corrected chi connectivity index (χ3v) is 10.1. The van der Waals surface area contributed by atoms with Gasteiger partial charge in [0.1, 0.15) is 22.6 Å². The molecule has 1 heterocycles. The van der Waals surface area contributed by atoms with Crippen LogP contribution >= 0.6 is 27.5 Å². The Morgan fingerprint density at radius 2 is 2.09 bits per heavy atom. The summed E-state index contributed by atoms with van der Waals surface area (Å²) < 4.78 is 42.7. The van der Waals surface area contributed by atoms with Gasteiger partial charge in [0.25, 0.3) is 0 Å². The molecule has 0 spiro atoms. The molecule has 0 saturated heterocycles. The van der Waals surface area contributed by atoms with Crippen LogP contribution in [-0.4, -0.2) is 58.3 Å². The second-order valence-corrected chi connectivity index (χ2v) is 13.4. The molecule has 2 aromatic rings. The predicted molar refractivity (Wildman–Crippen MR) is 182 cm³/mol. The highest BCUT2D eigenvalue weighted by atomic mass is 79.9. The highest BCUT2D eigenvalue weighted by Crippen LogP contribution is 2.29. The Balaban J connectivity index is 1.75. The summed E-state index contributed by atoms with van der Waals surface area (Å²) in [5.41, 5.74) is 3.83. The van der Waals surface area contributed by atoms with Crippen molar-refractivity contribution in [3.05, 3.63) is 81.1 Å². The van der Waals surface area contributed by atoms with Gasteiger partial charge in [0.05, 0.1) is 30.6 Å². The Hall–Kier alpha value is -2.70. The van der Waals surface area contributed by atoms with Crippen LogP contribution < -0.4 is 19.5 Å². The number of aromatic nitrogens is 2. The summed E-state index contributed by atoms with van der Waals surface area (Å²) in [6, 6.07) is 4.71. The summed E-state index contributed by atoms with van der Waals surface area (Å²) in [5, 5.41) is 9.04. The fourth-order valence-corrected chi connectivity index (χ4v) is 6.69. The number of benzene rings is 1. The smallest absolute Gasteiger partial charge is 0.244 e. The van der Waals surface area contributed by atoms with E-state index in [1.165, 1.54) is 20.3 Å². The Morgan fingerprint density at radius 3 is 2.73 bits per heavy atom. The van der Waals surface area contributed by atoms with Crippen LogP contribution in [0.1, 0.15) is 51.4 Å². The summed E-state index contributed by atoms with van der Waals surface area (Å²) in [7, 11) is 0.874. The van der Waals surface area contributed by atoms with Crippen LogP contribution in [0.2, 0.25) is 0 Å². The Labute approximate surface area is 275 Å². The summed E-state index contributed by atoms with van der Waals surface area (Å²) >= 11 is 10.1. The molecular weight excluding hydrogens is 666 g/mol. The van der Waals surface area contributed by atoms with Gasteiger partial charge in [-0.3, -0.25) is 15.0 Å². The third-order valence-electron chi connectivity index (χ3n) is 7.54. The van der Waals surface area contributed by atoms with Crippen LogP contribution in [0.15, 0.2) is 85.3 Å². The van der Waals surface area contributed by atoms with Crippen LogP contribution in [-0.2, 0) is 10.0 Å². The zero-order valence-electron chi connectivity index (χ0n) is 26.2. The van der Waals surface area contributed by atoms with Gasteiger partial charge in [-0.2, -0.15) is 5.10 Å². The van der Waals surface area contributed by atoms with Crippen molar-refractivity contribution in [2.75, 3.05) is 34.4 Å². The summed E-state index contributed by atoms with van der Waals surface area (Å²) in [6.45, 7) is 6.81. The van der Waals surface area contributed by atoms with Gasteiger partial charge in [-0.1, -0.05) is 35.9 Å². The predicted octanol–water partition coefficient (Wildman–Crippen LogP) is 6.87. The standard InChI is InChI=1S/C32H43BrClN5O4S/c1-7-10-28(34)22(2)29(35-4)14-16-32(39-23(3)27(33)21-37-39)36-19-24-11-8-9-12-25(17-24)20-38-44(40,41)31-18-26(42-5)13-15-30(31)43-6/h7,9-10,12-13,15,17-18,21,24,32,36,38H,8,11,14,16,19-20H2,1-6H3/b10-7-,28-22-,35-29?. The number of hydrogen-bond donors (Lipinski definition) is 2. The van der Waals surface area contributed by atoms with E-state index < -0.39 is 10.0 Å². The Kier molecular flexibility index (Phi) is 13.9. The fourth-order valence-electron chi connectivity index (χ4n) is 4.98. The van der Waals surface area contributed by atoms with Crippen LogP contribution in [0.5, 0.6) is 11.5 Å². The fraction of sp³-hybridized carbons (Fsp3) is 0.438. The lowest BCUT2D eigenvalue weighted by atomic mass is 10.0. The van der Waals surface area contributed by atoms with Crippen molar-refractivity contribution in [2.45, 2.75) is 57.5 Å². The minimum atomic E-state index is -3.85. The largest absolute Gasteiger partial charge is 0.497 e. The number of hydrogen-bond acceptors (Lipinski definition) is 7. The molecule has 0 radical (unpaired) electrons. The molecule has 1 aliphatic carbocycles. The van der Waals surface area contributed by atoms with Crippen molar-refractivity contribution in [3.63, 3.8) is 0 Å². The Morgan fingerprint density at radius 1 is 1.32 bits per heavy atom. The highest BCUT2D eigenvalue weighted by Gasteiger charge is 2.22. The van der Waals surface area contributed by atoms with Crippen molar-refractivity contribution in [2.24, 2.45) is 10.9 Å².